The number of hydrogen-bond acceptors (Lipinski definition) is 3. The van der Waals surface area contributed by atoms with Gasteiger partial charge >= 0.3 is 5.97 Å². The molecule has 2 N–H and O–H groups in total. The van der Waals surface area contributed by atoms with Gasteiger partial charge in [0.2, 0.25) is 0 Å². The third-order valence-corrected chi connectivity index (χ3v) is 13.0. The molecule has 0 radical (unpaired) electrons. The second-order valence-electron chi connectivity index (χ2n) is 14.9. The van der Waals surface area contributed by atoms with Gasteiger partial charge in [-0.25, -0.2) is 0 Å². The van der Waals surface area contributed by atoms with E-state index in [0.717, 1.165) is 57.1 Å². The number of carboxylic acids is 1. The highest BCUT2D eigenvalue weighted by atomic mass is 16.4. The summed E-state index contributed by atoms with van der Waals surface area (Å²) in [4.78, 5) is 12.8. The fraction of sp³-hybridized carbons (Fsp3) is 0.867. The van der Waals surface area contributed by atoms with Gasteiger partial charge in [-0.15, -0.1) is 0 Å². The van der Waals surface area contributed by atoms with Crippen LogP contribution in [-0.2, 0) is 4.79 Å². The van der Waals surface area contributed by atoms with E-state index in [4.69, 9.17) is 0 Å². The number of fused-ring (bicyclic) bond motifs is 7. The molecule has 4 fully saturated rings. The van der Waals surface area contributed by atoms with E-state index < -0.39 is 11.4 Å². The fourth-order valence-corrected chi connectivity index (χ4v) is 10.6. The number of nitrogens with zero attached hydrogens (tertiary/aromatic N) is 1. The molecular formula is C30H47NO3. The summed E-state index contributed by atoms with van der Waals surface area (Å²) < 4.78 is 0. The number of hydrogen-bond donors (Lipinski definition) is 2. The van der Waals surface area contributed by atoms with Gasteiger partial charge in [-0.2, -0.15) is 0 Å². The number of rotatable bonds is 1. The largest absolute Gasteiger partial charge is 0.481 e. The van der Waals surface area contributed by atoms with Gasteiger partial charge in [0, 0.05) is 5.41 Å². The van der Waals surface area contributed by atoms with Crippen LogP contribution in [0, 0.1) is 50.2 Å². The predicted molar refractivity (Wildman–Crippen MR) is 136 cm³/mol. The minimum Gasteiger partial charge on any atom is -0.481 e. The quantitative estimate of drug-likeness (QED) is 0.235. The summed E-state index contributed by atoms with van der Waals surface area (Å²) in [5.41, 5.74) is 2.50. The van der Waals surface area contributed by atoms with Gasteiger partial charge in [-0.3, -0.25) is 4.79 Å². The SMILES string of the molecule is CC1(C)CC[C@]2(C(=O)O)CC[C@]3(C)C(=CCC4[C@@]5(C)CC/C(=N\O)C(C)(C)C5CC[C@]43C)[C@@H]2C1. The minimum atomic E-state index is -0.565. The lowest BCUT2D eigenvalue weighted by atomic mass is 9.33. The number of aliphatic carboxylic acids is 1. The molecule has 7 atom stereocenters. The number of carboxylic acid groups (broad SMARTS) is 1. The molecule has 2 unspecified atom stereocenters. The van der Waals surface area contributed by atoms with Crippen molar-refractivity contribution in [2.24, 2.45) is 55.4 Å². The zero-order valence-corrected chi connectivity index (χ0v) is 22.6. The van der Waals surface area contributed by atoms with E-state index in [9.17, 15) is 15.1 Å². The van der Waals surface area contributed by atoms with E-state index in [1.807, 2.05) is 0 Å². The first-order chi connectivity index (χ1) is 15.7. The lowest BCUT2D eigenvalue weighted by Gasteiger charge is -2.70. The van der Waals surface area contributed by atoms with Gasteiger partial charge in [0.05, 0.1) is 11.1 Å². The minimum absolute atomic E-state index is 0.0659. The molecule has 0 aliphatic heterocycles. The predicted octanol–water partition coefficient (Wildman–Crippen LogP) is 7.70. The van der Waals surface area contributed by atoms with Crippen LogP contribution in [0.25, 0.3) is 0 Å². The van der Waals surface area contributed by atoms with Gasteiger partial charge in [-0.05, 0) is 104 Å². The third-order valence-electron chi connectivity index (χ3n) is 13.0. The van der Waals surface area contributed by atoms with E-state index in [-0.39, 0.29) is 33.0 Å². The van der Waals surface area contributed by atoms with Gasteiger partial charge < -0.3 is 10.3 Å². The summed E-state index contributed by atoms with van der Waals surface area (Å²) in [6.07, 6.45) is 12.6. The molecule has 5 aliphatic carbocycles. The van der Waals surface area contributed by atoms with Crippen molar-refractivity contribution in [2.45, 2.75) is 113 Å². The molecular weight excluding hydrogens is 422 g/mol. The summed E-state index contributed by atoms with van der Waals surface area (Å²) in [5, 5.41) is 24.0. The van der Waals surface area contributed by atoms with Crippen LogP contribution < -0.4 is 0 Å². The van der Waals surface area contributed by atoms with E-state index in [1.165, 1.54) is 18.4 Å². The van der Waals surface area contributed by atoms with Crippen molar-refractivity contribution >= 4 is 11.7 Å². The Morgan fingerprint density at radius 2 is 1.62 bits per heavy atom. The van der Waals surface area contributed by atoms with E-state index >= 15 is 0 Å². The highest BCUT2D eigenvalue weighted by molar-refractivity contribution is 5.90. The monoisotopic (exact) mass is 469 g/mol. The normalized spacial score (nSPS) is 50.3. The molecule has 0 aromatic carbocycles. The van der Waals surface area contributed by atoms with Crippen molar-refractivity contribution in [3.63, 3.8) is 0 Å². The molecule has 4 saturated carbocycles. The zero-order valence-electron chi connectivity index (χ0n) is 22.6. The third kappa shape index (κ3) is 2.83. The van der Waals surface area contributed by atoms with Gasteiger partial charge in [0.15, 0.2) is 0 Å². The van der Waals surface area contributed by atoms with Crippen molar-refractivity contribution in [1.82, 2.24) is 0 Å². The van der Waals surface area contributed by atoms with Crippen molar-refractivity contribution in [3.05, 3.63) is 11.6 Å². The molecule has 0 heterocycles. The first kappa shape index (κ1) is 24.4. The number of carbonyl (C=O) groups is 1. The molecule has 0 aromatic rings. The standard InChI is InChI=1S/C30H47NO3/c1-25(2)14-16-30(24(32)33)17-15-28(6)19(20(30)18-25)8-9-22-27(5)12-11-23(31-34)26(3,4)21(27)10-13-29(22,28)7/h8,20-22,34H,9-18H2,1-7H3,(H,32,33)/b31-23+/t20-,21?,22?,27-,28+,29+,30-/m0/s1. The van der Waals surface area contributed by atoms with Crippen LogP contribution in [0.1, 0.15) is 113 Å². The summed E-state index contributed by atoms with van der Waals surface area (Å²) in [6, 6.07) is 0. The van der Waals surface area contributed by atoms with Gasteiger partial charge in [0.25, 0.3) is 0 Å². The highest BCUT2D eigenvalue weighted by Gasteiger charge is 2.69. The van der Waals surface area contributed by atoms with Gasteiger partial charge in [-0.1, -0.05) is 65.3 Å². The Bertz CT molecular complexity index is 962. The number of allylic oxidation sites excluding steroid dienone is 2. The van der Waals surface area contributed by atoms with Crippen molar-refractivity contribution in [2.75, 3.05) is 0 Å². The Morgan fingerprint density at radius 3 is 2.26 bits per heavy atom. The van der Waals surface area contributed by atoms with Crippen LogP contribution in [0.2, 0.25) is 0 Å². The van der Waals surface area contributed by atoms with Gasteiger partial charge in [0.1, 0.15) is 0 Å². The highest BCUT2D eigenvalue weighted by Crippen LogP contribution is 2.75. The molecule has 4 heteroatoms. The summed E-state index contributed by atoms with van der Waals surface area (Å²) >= 11 is 0. The van der Waals surface area contributed by atoms with Crippen LogP contribution in [-0.4, -0.2) is 22.0 Å². The summed E-state index contributed by atoms with van der Waals surface area (Å²) in [7, 11) is 0. The van der Waals surface area contributed by atoms with E-state index in [2.05, 4.69) is 59.7 Å². The fourth-order valence-electron chi connectivity index (χ4n) is 10.6. The molecule has 0 spiro atoms. The van der Waals surface area contributed by atoms with Crippen LogP contribution in [0.4, 0.5) is 0 Å². The van der Waals surface area contributed by atoms with Crippen LogP contribution in [0.5, 0.6) is 0 Å². The Hall–Kier alpha value is -1.32. The molecule has 0 amide bonds. The van der Waals surface area contributed by atoms with Crippen LogP contribution >= 0.6 is 0 Å². The average Bonchev–Trinajstić information content (AvgIpc) is 2.73. The van der Waals surface area contributed by atoms with Crippen molar-refractivity contribution in [1.29, 1.82) is 0 Å². The average molecular weight is 470 g/mol. The van der Waals surface area contributed by atoms with Crippen LogP contribution in [0.15, 0.2) is 16.8 Å². The zero-order chi connectivity index (χ0) is 24.9. The van der Waals surface area contributed by atoms with Crippen LogP contribution in [0.3, 0.4) is 0 Å². The Kier molecular flexibility index (Phi) is 5.11. The van der Waals surface area contributed by atoms with Crippen molar-refractivity contribution in [3.8, 4) is 0 Å². The smallest absolute Gasteiger partial charge is 0.310 e. The molecule has 0 saturated heterocycles. The second kappa shape index (κ2) is 7.13. The maximum Gasteiger partial charge on any atom is 0.310 e. The molecule has 0 aromatic heterocycles. The Balaban J connectivity index is 1.60. The maximum atomic E-state index is 12.8. The maximum absolute atomic E-state index is 12.8. The molecule has 4 nitrogen and oxygen atoms in total. The molecule has 5 aliphatic rings. The summed E-state index contributed by atoms with van der Waals surface area (Å²) in [6.45, 7) is 16.9. The molecule has 0 bridgehead atoms. The molecule has 190 valence electrons. The first-order valence-electron chi connectivity index (χ1n) is 13.8. The topological polar surface area (TPSA) is 69.9 Å². The van der Waals surface area contributed by atoms with E-state index in [0.29, 0.717) is 11.8 Å². The molecule has 5 rings (SSSR count). The lowest BCUT2D eigenvalue weighted by Crippen LogP contribution is -2.64. The lowest BCUT2D eigenvalue weighted by molar-refractivity contribution is -0.178. The molecule has 34 heavy (non-hydrogen) atoms. The Labute approximate surface area is 206 Å². The first-order valence-corrected chi connectivity index (χ1v) is 13.8. The van der Waals surface area contributed by atoms with E-state index in [1.54, 1.807) is 0 Å². The van der Waals surface area contributed by atoms with Crippen molar-refractivity contribution < 1.29 is 15.1 Å². The number of oxime groups is 1. The Morgan fingerprint density at radius 1 is 0.941 bits per heavy atom. The second-order valence-corrected chi connectivity index (χ2v) is 14.9. The summed E-state index contributed by atoms with van der Waals surface area (Å²) in [5.74, 6) is 0.725.